The number of aromatic nitrogens is 1. The van der Waals surface area contributed by atoms with Crippen molar-refractivity contribution in [2.45, 2.75) is 25.3 Å². The second kappa shape index (κ2) is 5.59. The molecule has 0 unspecified atom stereocenters. The van der Waals surface area contributed by atoms with E-state index in [0.29, 0.717) is 6.54 Å². The summed E-state index contributed by atoms with van der Waals surface area (Å²) < 4.78 is 6.91. The summed E-state index contributed by atoms with van der Waals surface area (Å²) in [6.45, 7) is 2.52. The van der Waals surface area contributed by atoms with Gasteiger partial charge in [-0.3, -0.25) is 4.57 Å². The number of nitrogens with zero attached hydrogens (tertiary/aromatic N) is 1. The quantitative estimate of drug-likeness (QED) is 0.740. The highest BCUT2D eigenvalue weighted by Crippen LogP contribution is 2.66. The maximum absolute atomic E-state index is 10.8. The molecule has 128 valence electrons. The fourth-order valence-electron chi connectivity index (χ4n) is 3.95. The van der Waals surface area contributed by atoms with Crippen LogP contribution in [0.4, 0.5) is 0 Å². The van der Waals surface area contributed by atoms with Crippen LogP contribution in [0.3, 0.4) is 0 Å². The average Bonchev–Trinajstić information content (AvgIpc) is 3.29. The molecule has 1 heterocycles. The van der Waals surface area contributed by atoms with Crippen LogP contribution in [0.15, 0.2) is 54.6 Å². The second-order valence-electron chi connectivity index (χ2n) is 6.46. The van der Waals surface area contributed by atoms with Gasteiger partial charge >= 0.3 is 0 Å². The molecule has 0 radical (unpaired) electrons. The fraction of sp³-hybridized carbons (Fsp3) is 0.238. The normalized spacial score (nSPS) is 14.2. The maximum Gasteiger partial charge on any atom is 0.199 e. The van der Waals surface area contributed by atoms with Crippen molar-refractivity contribution >= 4 is 0 Å². The monoisotopic (exact) mass is 335 g/mol. The average molecular weight is 335 g/mol. The summed E-state index contributed by atoms with van der Waals surface area (Å²) in [7, 11) is 1.64. The molecule has 0 spiro atoms. The topological polar surface area (TPSA) is 54.6 Å². The number of rotatable bonds is 5. The van der Waals surface area contributed by atoms with Gasteiger partial charge in [0, 0.05) is 11.1 Å². The standard InChI is InChI=1S/C21H21NO3/c1-3-21(15-10-7-11-16(12-15)25-2)17-18(21)20(24)22(19(17)23)13-14-8-5-4-6-9-14/h4-12,23-24H,3,13H2,1-2H3. The van der Waals surface area contributed by atoms with Crippen LogP contribution in [-0.4, -0.2) is 21.9 Å². The van der Waals surface area contributed by atoms with E-state index in [2.05, 4.69) is 6.92 Å². The Hall–Kier alpha value is -2.88. The Morgan fingerprint density at radius 3 is 2.24 bits per heavy atom. The Morgan fingerprint density at radius 1 is 0.960 bits per heavy atom. The summed E-state index contributed by atoms with van der Waals surface area (Å²) in [5.41, 5.74) is 3.33. The van der Waals surface area contributed by atoms with Crippen molar-refractivity contribution in [3.8, 4) is 17.5 Å². The molecule has 2 N–H and O–H groups in total. The smallest absolute Gasteiger partial charge is 0.199 e. The third-order valence-corrected chi connectivity index (χ3v) is 5.28. The van der Waals surface area contributed by atoms with Crippen LogP contribution in [-0.2, 0) is 12.0 Å². The summed E-state index contributed by atoms with van der Waals surface area (Å²) in [6, 6.07) is 17.7. The highest BCUT2D eigenvalue weighted by Gasteiger charge is 2.58. The fourth-order valence-corrected chi connectivity index (χ4v) is 3.95. The molecule has 1 aliphatic rings. The third-order valence-electron chi connectivity index (χ3n) is 5.28. The van der Waals surface area contributed by atoms with Gasteiger partial charge < -0.3 is 14.9 Å². The minimum absolute atomic E-state index is 0.154. The summed E-state index contributed by atoms with van der Waals surface area (Å²) in [5, 5.41) is 21.5. The molecule has 0 saturated heterocycles. The maximum atomic E-state index is 10.8. The van der Waals surface area contributed by atoms with E-state index in [-0.39, 0.29) is 11.8 Å². The first-order valence-corrected chi connectivity index (χ1v) is 8.47. The zero-order chi connectivity index (χ0) is 17.6. The van der Waals surface area contributed by atoms with Crippen LogP contribution >= 0.6 is 0 Å². The minimum Gasteiger partial charge on any atom is -0.497 e. The number of benzene rings is 2. The molecule has 4 heteroatoms. The molecular formula is C21H21NO3. The first-order chi connectivity index (χ1) is 12.1. The lowest BCUT2D eigenvalue weighted by molar-refractivity contribution is 0.362. The minimum atomic E-state index is -0.407. The molecule has 0 saturated carbocycles. The molecule has 0 aliphatic heterocycles. The molecule has 3 aromatic rings. The first kappa shape index (κ1) is 15.6. The van der Waals surface area contributed by atoms with Crippen LogP contribution in [0.5, 0.6) is 17.5 Å². The van der Waals surface area contributed by atoms with E-state index < -0.39 is 5.41 Å². The van der Waals surface area contributed by atoms with Gasteiger partial charge in [-0.15, -0.1) is 0 Å². The molecule has 4 nitrogen and oxygen atoms in total. The predicted octanol–water partition coefficient (Wildman–Crippen LogP) is 4.01. The number of fused-ring (bicyclic) bond motifs is 1. The van der Waals surface area contributed by atoms with Crippen LogP contribution in [0.1, 0.15) is 35.6 Å². The van der Waals surface area contributed by atoms with E-state index in [4.69, 9.17) is 4.74 Å². The SMILES string of the molecule is CCC1(c2cccc(OC)c2)c2c1c(O)n(Cc1ccccc1)c2O. The number of methoxy groups -OCH3 is 1. The van der Waals surface area contributed by atoms with Crippen LogP contribution in [0.25, 0.3) is 0 Å². The predicted molar refractivity (Wildman–Crippen MR) is 96.5 cm³/mol. The van der Waals surface area contributed by atoms with E-state index in [0.717, 1.165) is 34.4 Å². The van der Waals surface area contributed by atoms with Gasteiger partial charge in [0.15, 0.2) is 11.8 Å². The summed E-state index contributed by atoms with van der Waals surface area (Å²) in [6.07, 6.45) is 0.776. The number of ether oxygens (including phenoxy) is 1. The molecule has 2 aromatic carbocycles. The van der Waals surface area contributed by atoms with Crippen molar-refractivity contribution in [3.63, 3.8) is 0 Å². The zero-order valence-corrected chi connectivity index (χ0v) is 14.4. The lowest BCUT2D eigenvalue weighted by atomic mass is 9.88. The molecule has 1 aliphatic carbocycles. The van der Waals surface area contributed by atoms with Gasteiger partial charge in [-0.25, -0.2) is 0 Å². The van der Waals surface area contributed by atoms with Crippen molar-refractivity contribution in [2.24, 2.45) is 0 Å². The van der Waals surface area contributed by atoms with Crippen molar-refractivity contribution in [1.29, 1.82) is 0 Å². The second-order valence-corrected chi connectivity index (χ2v) is 6.46. The van der Waals surface area contributed by atoms with E-state index in [1.54, 1.807) is 11.7 Å². The van der Waals surface area contributed by atoms with Crippen molar-refractivity contribution in [1.82, 2.24) is 4.57 Å². The van der Waals surface area contributed by atoms with Crippen LogP contribution in [0.2, 0.25) is 0 Å². The molecule has 4 rings (SSSR count). The Kier molecular flexibility index (Phi) is 3.49. The van der Waals surface area contributed by atoms with Crippen molar-refractivity contribution in [3.05, 3.63) is 76.9 Å². The summed E-state index contributed by atoms with van der Waals surface area (Å²) in [5.74, 6) is 1.08. The van der Waals surface area contributed by atoms with Gasteiger partial charge in [0.1, 0.15) is 5.75 Å². The lowest BCUT2D eigenvalue weighted by Crippen LogP contribution is -2.13. The molecule has 1 aromatic heterocycles. The first-order valence-electron chi connectivity index (χ1n) is 8.47. The number of hydrogen-bond donors (Lipinski definition) is 2. The van der Waals surface area contributed by atoms with E-state index in [1.807, 2.05) is 54.6 Å². The molecule has 0 bridgehead atoms. The van der Waals surface area contributed by atoms with Crippen molar-refractivity contribution in [2.75, 3.05) is 7.11 Å². The third kappa shape index (κ3) is 2.14. The van der Waals surface area contributed by atoms with Gasteiger partial charge in [0.2, 0.25) is 0 Å². The highest BCUT2D eigenvalue weighted by molar-refractivity contribution is 5.76. The van der Waals surface area contributed by atoms with Gasteiger partial charge in [-0.1, -0.05) is 49.4 Å². The summed E-state index contributed by atoms with van der Waals surface area (Å²) in [4.78, 5) is 0. The van der Waals surface area contributed by atoms with E-state index in [1.165, 1.54) is 0 Å². The molecular weight excluding hydrogens is 314 g/mol. The van der Waals surface area contributed by atoms with Gasteiger partial charge in [0.05, 0.1) is 19.1 Å². The Balaban J connectivity index is 1.75. The van der Waals surface area contributed by atoms with Crippen LogP contribution in [0, 0.1) is 0 Å². The highest BCUT2D eigenvalue weighted by atomic mass is 16.5. The van der Waals surface area contributed by atoms with Gasteiger partial charge in [-0.05, 0) is 29.7 Å². The van der Waals surface area contributed by atoms with Crippen LogP contribution < -0.4 is 4.74 Å². The summed E-state index contributed by atoms with van der Waals surface area (Å²) >= 11 is 0. The molecule has 0 atom stereocenters. The van der Waals surface area contributed by atoms with E-state index in [9.17, 15) is 10.2 Å². The van der Waals surface area contributed by atoms with Crippen molar-refractivity contribution < 1.29 is 14.9 Å². The Labute approximate surface area is 146 Å². The zero-order valence-electron chi connectivity index (χ0n) is 14.4. The largest absolute Gasteiger partial charge is 0.497 e. The number of hydrogen-bond acceptors (Lipinski definition) is 3. The Morgan fingerprint density at radius 2 is 1.64 bits per heavy atom. The lowest BCUT2D eigenvalue weighted by Gasteiger charge is -2.20. The van der Waals surface area contributed by atoms with E-state index >= 15 is 0 Å². The molecule has 0 amide bonds. The van der Waals surface area contributed by atoms with Gasteiger partial charge in [-0.2, -0.15) is 0 Å². The van der Waals surface area contributed by atoms with Gasteiger partial charge in [0.25, 0.3) is 0 Å². The number of aromatic hydroxyl groups is 2. The Bertz CT molecular complexity index is 900. The molecule has 25 heavy (non-hydrogen) atoms. The molecule has 0 fully saturated rings.